The van der Waals surface area contributed by atoms with Gasteiger partial charge in [-0.3, -0.25) is 19.7 Å². The van der Waals surface area contributed by atoms with Crippen molar-refractivity contribution in [2.75, 3.05) is 18.4 Å². The summed E-state index contributed by atoms with van der Waals surface area (Å²) in [5.41, 5.74) is 1.04. The fourth-order valence-corrected chi connectivity index (χ4v) is 4.49. The maximum Gasteiger partial charge on any atom is 0.274 e. The first kappa shape index (κ1) is 27.7. The Morgan fingerprint density at radius 1 is 0.902 bits per heavy atom. The van der Waals surface area contributed by atoms with Crippen LogP contribution >= 0.6 is 11.3 Å². The molecule has 2 amide bonds. The van der Waals surface area contributed by atoms with Crippen molar-refractivity contribution in [3.63, 3.8) is 0 Å². The van der Waals surface area contributed by atoms with E-state index >= 15 is 0 Å². The quantitative estimate of drug-likeness (QED) is 0.241. The number of Topliss-reactive ketones (excluding diaryl/α,β-unsaturated/α-hetero) is 1. The summed E-state index contributed by atoms with van der Waals surface area (Å²) >= 11 is 1.14. The van der Waals surface area contributed by atoms with Gasteiger partial charge in [-0.25, -0.2) is 15.0 Å². The number of benzene rings is 2. The van der Waals surface area contributed by atoms with Crippen LogP contribution in [0.15, 0.2) is 61.1 Å². The first-order valence-electron chi connectivity index (χ1n) is 12.9. The van der Waals surface area contributed by atoms with Gasteiger partial charge in [-0.05, 0) is 51.5 Å². The van der Waals surface area contributed by atoms with Crippen LogP contribution in [0.25, 0.3) is 0 Å². The maximum absolute atomic E-state index is 13.2. The van der Waals surface area contributed by atoms with E-state index in [0.717, 1.165) is 30.8 Å². The fraction of sp³-hybridized carbons (Fsp3) is 0.241. The third-order valence-corrected chi connectivity index (χ3v) is 6.68. The molecule has 2 aromatic heterocycles. The minimum Gasteiger partial charge on any atom is -0.491 e. The van der Waals surface area contributed by atoms with Gasteiger partial charge in [0.1, 0.15) is 22.9 Å². The Morgan fingerprint density at radius 3 is 2.37 bits per heavy atom. The first-order chi connectivity index (χ1) is 19.7. The number of likely N-dealkylation sites (tertiary alicyclic amines) is 1. The van der Waals surface area contributed by atoms with E-state index < -0.39 is 5.91 Å². The van der Waals surface area contributed by atoms with Crippen LogP contribution in [-0.4, -0.2) is 56.6 Å². The molecule has 41 heavy (non-hydrogen) atoms. The lowest BCUT2D eigenvalue weighted by Crippen LogP contribution is -2.42. The summed E-state index contributed by atoms with van der Waals surface area (Å²) in [5.74, 6) is 0.703. The molecule has 2 aromatic carbocycles. The molecule has 0 atom stereocenters. The zero-order valence-electron chi connectivity index (χ0n) is 22.6. The van der Waals surface area contributed by atoms with Gasteiger partial charge in [0.2, 0.25) is 10.9 Å². The number of ether oxygens (including phenoxy) is 3. The first-order valence-corrected chi connectivity index (χ1v) is 13.7. The van der Waals surface area contributed by atoms with Crippen molar-refractivity contribution in [1.82, 2.24) is 19.9 Å². The van der Waals surface area contributed by atoms with E-state index in [1.54, 1.807) is 47.4 Å². The van der Waals surface area contributed by atoms with Crippen molar-refractivity contribution in [3.8, 4) is 28.2 Å². The average molecular weight is 574 g/mol. The molecule has 1 aliphatic rings. The van der Waals surface area contributed by atoms with Crippen LogP contribution in [0.1, 0.15) is 58.4 Å². The lowest BCUT2D eigenvalue weighted by Gasteiger charge is -2.30. The molecular weight excluding hydrogens is 546 g/mol. The highest BCUT2D eigenvalue weighted by Crippen LogP contribution is 2.32. The topological polar surface area (TPSA) is 133 Å². The summed E-state index contributed by atoms with van der Waals surface area (Å²) in [4.78, 5) is 51.5. The molecule has 210 valence electrons. The predicted octanol–water partition coefficient (Wildman–Crippen LogP) is 5.61. The zero-order chi connectivity index (χ0) is 28.9. The average Bonchev–Trinajstić information content (AvgIpc) is 3.34. The highest BCUT2D eigenvalue weighted by Gasteiger charge is 2.23. The van der Waals surface area contributed by atoms with E-state index in [-0.39, 0.29) is 34.9 Å². The van der Waals surface area contributed by atoms with Gasteiger partial charge in [-0.2, -0.15) is 0 Å². The molecule has 11 nitrogen and oxygen atoms in total. The van der Waals surface area contributed by atoms with Gasteiger partial charge in [0.05, 0.1) is 24.7 Å². The molecule has 1 saturated heterocycles. The number of nitrogens with one attached hydrogen (secondary N) is 1. The number of anilines is 1. The van der Waals surface area contributed by atoms with Crippen molar-refractivity contribution >= 4 is 34.1 Å². The van der Waals surface area contributed by atoms with Gasteiger partial charge in [0, 0.05) is 30.3 Å². The molecule has 5 rings (SSSR count). The smallest absolute Gasteiger partial charge is 0.274 e. The Labute approximate surface area is 240 Å². The monoisotopic (exact) mass is 573 g/mol. The number of carbonyl (C=O) groups excluding carboxylic acids is 3. The van der Waals surface area contributed by atoms with Gasteiger partial charge < -0.3 is 19.1 Å². The molecule has 3 heterocycles. The number of carbonyl (C=O) groups is 3. The molecule has 1 aliphatic heterocycles. The third-order valence-electron chi connectivity index (χ3n) is 5.89. The van der Waals surface area contributed by atoms with Crippen LogP contribution in [0.2, 0.25) is 0 Å². The molecule has 0 saturated carbocycles. The summed E-state index contributed by atoms with van der Waals surface area (Å²) in [6.45, 7) is 6.66. The summed E-state index contributed by atoms with van der Waals surface area (Å²) in [5, 5.41) is 3.52. The van der Waals surface area contributed by atoms with Crippen molar-refractivity contribution in [2.24, 2.45) is 0 Å². The lowest BCUT2D eigenvalue weighted by atomic mass is 10.1. The van der Waals surface area contributed by atoms with E-state index in [4.69, 9.17) is 14.2 Å². The highest BCUT2D eigenvalue weighted by atomic mass is 32.1. The van der Waals surface area contributed by atoms with Crippen LogP contribution in [0.5, 0.6) is 28.2 Å². The van der Waals surface area contributed by atoms with Crippen molar-refractivity contribution in [3.05, 3.63) is 77.9 Å². The van der Waals surface area contributed by atoms with E-state index in [9.17, 15) is 14.4 Å². The lowest BCUT2D eigenvalue weighted by molar-refractivity contribution is 0.0644. The number of nitrogens with zero attached hydrogens (tertiary/aromatic N) is 4. The summed E-state index contributed by atoms with van der Waals surface area (Å²) < 4.78 is 17.5. The second-order valence-corrected chi connectivity index (χ2v) is 10.5. The number of rotatable bonds is 10. The van der Waals surface area contributed by atoms with Gasteiger partial charge in [0.15, 0.2) is 10.9 Å². The molecular formula is C29H27N5O6S. The minimum absolute atomic E-state index is 0.0685. The predicted molar refractivity (Wildman–Crippen MR) is 151 cm³/mol. The number of aromatic nitrogens is 3. The number of thiazole rings is 1. The number of hydrogen-bond donors (Lipinski definition) is 1. The van der Waals surface area contributed by atoms with Crippen LogP contribution in [-0.2, 0) is 0 Å². The second-order valence-electron chi connectivity index (χ2n) is 9.47. The molecule has 4 aromatic rings. The van der Waals surface area contributed by atoms with E-state index in [0.29, 0.717) is 33.0 Å². The molecule has 0 unspecified atom stereocenters. The highest BCUT2D eigenvalue weighted by molar-refractivity contribution is 7.17. The molecule has 0 aliphatic carbocycles. The largest absolute Gasteiger partial charge is 0.491 e. The number of ketones is 1. The van der Waals surface area contributed by atoms with E-state index in [1.165, 1.54) is 25.5 Å². The van der Waals surface area contributed by atoms with Crippen LogP contribution in [0.4, 0.5) is 5.13 Å². The van der Waals surface area contributed by atoms with E-state index in [1.807, 2.05) is 13.8 Å². The SMILES string of the molecule is CC(=O)c1cccc(Oc2cnc(NC(=O)c3cc(Oc4cnc(C(=O)N5CCC5)cn4)cc(OC(C)C)c3)s2)c1. The number of amides is 2. The van der Waals surface area contributed by atoms with Crippen molar-refractivity contribution in [1.29, 1.82) is 0 Å². The Morgan fingerprint density at radius 2 is 1.68 bits per heavy atom. The van der Waals surface area contributed by atoms with Crippen molar-refractivity contribution in [2.45, 2.75) is 33.3 Å². The molecule has 0 spiro atoms. The summed E-state index contributed by atoms with van der Waals surface area (Å²) in [6.07, 6.45) is 5.07. The van der Waals surface area contributed by atoms with E-state index in [2.05, 4.69) is 20.3 Å². The van der Waals surface area contributed by atoms with Gasteiger partial charge in [-0.1, -0.05) is 23.5 Å². The van der Waals surface area contributed by atoms with Crippen molar-refractivity contribution < 1.29 is 28.6 Å². The third kappa shape index (κ3) is 7.03. The second kappa shape index (κ2) is 12.1. The van der Waals surface area contributed by atoms with Crippen LogP contribution < -0.4 is 19.5 Å². The molecule has 0 radical (unpaired) electrons. The zero-order valence-corrected chi connectivity index (χ0v) is 23.4. The van der Waals surface area contributed by atoms with Gasteiger partial charge >= 0.3 is 0 Å². The minimum atomic E-state index is -0.440. The Hall–Kier alpha value is -4.84. The molecule has 0 bridgehead atoms. The maximum atomic E-state index is 13.2. The summed E-state index contributed by atoms with van der Waals surface area (Å²) in [7, 11) is 0. The molecule has 1 N–H and O–H groups in total. The Kier molecular flexibility index (Phi) is 8.20. The number of hydrogen-bond acceptors (Lipinski definition) is 10. The summed E-state index contributed by atoms with van der Waals surface area (Å²) in [6, 6.07) is 11.6. The normalized spacial score (nSPS) is 12.4. The molecule has 1 fully saturated rings. The van der Waals surface area contributed by atoms with Gasteiger partial charge in [0.25, 0.3) is 11.8 Å². The Balaban J connectivity index is 1.29. The van der Waals surface area contributed by atoms with Crippen LogP contribution in [0.3, 0.4) is 0 Å². The molecule has 12 heteroatoms. The van der Waals surface area contributed by atoms with Crippen LogP contribution in [0, 0.1) is 0 Å². The fourth-order valence-electron chi connectivity index (χ4n) is 3.81. The Bertz CT molecular complexity index is 1580. The van der Waals surface area contributed by atoms with Gasteiger partial charge in [-0.15, -0.1) is 0 Å². The standard InChI is InChI=1S/C29H27N5O6S/c1-17(2)38-22-11-20(12-23(13-22)39-25-15-30-24(14-31-25)28(37)34-8-5-9-34)27(36)33-29-32-16-26(41-29)40-21-7-4-6-19(10-21)18(3)35/h4,6-7,10-17H,5,8-9H2,1-3H3,(H,32,33,36).